The maximum Gasteiger partial charge on any atom is 0.224 e. The molecular weight excluding hydrogens is 314 g/mol. The lowest BCUT2D eigenvalue weighted by molar-refractivity contribution is -0.116. The molecule has 7 heteroatoms. The van der Waals surface area contributed by atoms with Crippen LogP contribution in [0.4, 0.5) is 5.69 Å². The Balaban J connectivity index is 0.00000192. The Morgan fingerprint density at radius 1 is 1.48 bits per heavy atom. The molecule has 6 nitrogen and oxygen atoms in total. The van der Waals surface area contributed by atoms with Crippen LogP contribution >= 0.6 is 12.4 Å². The van der Waals surface area contributed by atoms with E-state index < -0.39 is 0 Å². The van der Waals surface area contributed by atoms with E-state index in [2.05, 4.69) is 20.8 Å². The summed E-state index contributed by atoms with van der Waals surface area (Å²) in [6, 6.07) is 7.71. The molecule has 2 N–H and O–H groups in total. The fraction of sp³-hybridized carbons (Fsp3) is 0.438. The second-order valence-electron chi connectivity index (χ2n) is 5.79. The second-order valence-corrected chi connectivity index (χ2v) is 5.79. The molecule has 2 heterocycles. The van der Waals surface area contributed by atoms with E-state index in [1.165, 1.54) is 6.42 Å². The molecule has 0 aliphatic carbocycles. The number of halogens is 1. The summed E-state index contributed by atoms with van der Waals surface area (Å²) in [6.07, 6.45) is 4.35. The molecule has 1 saturated heterocycles. The van der Waals surface area contributed by atoms with Gasteiger partial charge in [0.1, 0.15) is 6.33 Å². The van der Waals surface area contributed by atoms with E-state index in [0.717, 1.165) is 36.6 Å². The number of nitrogens with one attached hydrogen (secondary N) is 2. The Labute approximate surface area is 142 Å². The molecule has 2 aromatic rings. The van der Waals surface area contributed by atoms with Gasteiger partial charge >= 0.3 is 0 Å². The zero-order valence-corrected chi connectivity index (χ0v) is 14.0. The largest absolute Gasteiger partial charge is 0.326 e. The number of benzene rings is 1. The van der Waals surface area contributed by atoms with E-state index in [-0.39, 0.29) is 18.3 Å². The van der Waals surface area contributed by atoms with Gasteiger partial charge in [-0.3, -0.25) is 4.79 Å². The third-order valence-corrected chi connectivity index (χ3v) is 4.06. The molecule has 3 rings (SSSR count). The van der Waals surface area contributed by atoms with Crippen LogP contribution in [0.5, 0.6) is 0 Å². The third kappa shape index (κ3) is 4.53. The van der Waals surface area contributed by atoms with Gasteiger partial charge in [-0.15, -0.1) is 22.6 Å². The fourth-order valence-corrected chi connectivity index (χ4v) is 2.80. The lowest BCUT2D eigenvalue weighted by atomic mass is 10.0. The number of anilines is 1. The highest BCUT2D eigenvalue weighted by molar-refractivity contribution is 5.91. The molecule has 1 aromatic heterocycles. The number of hydrogen-bond donors (Lipinski definition) is 2. The van der Waals surface area contributed by atoms with Gasteiger partial charge in [0, 0.05) is 24.7 Å². The summed E-state index contributed by atoms with van der Waals surface area (Å²) < 4.78 is 1.86. The molecule has 0 bridgehead atoms. The summed E-state index contributed by atoms with van der Waals surface area (Å²) >= 11 is 0. The van der Waals surface area contributed by atoms with Crippen molar-refractivity contribution in [2.75, 3.05) is 18.4 Å². The molecule has 1 aliphatic rings. The van der Waals surface area contributed by atoms with Gasteiger partial charge in [0.2, 0.25) is 5.91 Å². The maximum atomic E-state index is 12.1. The van der Waals surface area contributed by atoms with Crippen LogP contribution in [-0.2, 0) is 11.8 Å². The average molecular weight is 336 g/mol. The Bertz CT molecular complexity index is 651. The normalized spacial score (nSPS) is 16.8. The van der Waals surface area contributed by atoms with Gasteiger partial charge < -0.3 is 15.2 Å². The maximum absolute atomic E-state index is 12.1. The van der Waals surface area contributed by atoms with Crippen LogP contribution < -0.4 is 10.6 Å². The van der Waals surface area contributed by atoms with Crippen molar-refractivity contribution in [2.45, 2.75) is 19.3 Å². The number of nitrogens with zero attached hydrogens (tertiary/aromatic N) is 3. The summed E-state index contributed by atoms with van der Waals surface area (Å²) in [6.45, 7) is 2.11. The zero-order valence-electron chi connectivity index (χ0n) is 13.2. The van der Waals surface area contributed by atoms with E-state index in [0.29, 0.717) is 12.3 Å². The van der Waals surface area contributed by atoms with E-state index in [1.54, 1.807) is 6.33 Å². The molecule has 1 amide bonds. The summed E-state index contributed by atoms with van der Waals surface area (Å²) in [5.41, 5.74) is 1.74. The topological polar surface area (TPSA) is 71.8 Å². The van der Waals surface area contributed by atoms with Crippen LogP contribution in [0, 0.1) is 5.92 Å². The third-order valence-electron chi connectivity index (χ3n) is 4.06. The fourth-order valence-electron chi connectivity index (χ4n) is 2.80. The lowest BCUT2D eigenvalue weighted by Gasteiger charge is -2.09. The minimum atomic E-state index is 0. The van der Waals surface area contributed by atoms with Crippen LogP contribution in [0.2, 0.25) is 0 Å². The summed E-state index contributed by atoms with van der Waals surface area (Å²) in [4.78, 5) is 12.1. The number of carbonyl (C=O) groups is 1. The average Bonchev–Trinajstić information content (AvgIpc) is 3.16. The molecule has 1 atom stereocenters. The van der Waals surface area contributed by atoms with Crippen LogP contribution in [0.15, 0.2) is 30.6 Å². The molecule has 0 radical (unpaired) electrons. The quantitative estimate of drug-likeness (QED) is 0.879. The number of rotatable bonds is 5. The molecule has 124 valence electrons. The molecule has 0 spiro atoms. The Morgan fingerprint density at radius 3 is 3.04 bits per heavy atom. The van der Waals surface area contributed by atoms with Crippen molar-refractivity contribution in [1.82, 2.24) is 20.1 Å². The minimum Gasteiger partial charge on any atom is -0.326 e. The predicted molar refractivity (Wildman–Crippen MR) is 92.5 cm³/mol. The van der Waals surface area contributed by atoms with Gasteiger partial charge in [0.25, 0.3) is 0 Å². The lowest BCUT2D eigenvalue weighted by Crippen LogP contribution is -2.15. The number of hydrogen-bond acceptors (Lipinski definition) is 4. The number of aromatic nitrogens is 3. The highest BCUT2D eigenvalue weighted by atomic mass is 35.5. The van der Waals surface area contributed by atoms with E-state index in [9.17, 15) is 4.79 Å². The molecular formula is C16H22ClN5O. The molecule has 1 aromatic carbocycles. The Morgan fingerprint density at radius 2 is 2.35 bits per heavy atom. The van der Waals surface area contributed by atoms with Gasteiger partial charge in [-0.25, -0.2) is 0 Å². The molecule has 1 unspecified atom stereocenters. The summed E-state index contributed by atoms with van der Waals surface area (Å²) in [7, 11) is 1.90. The van der Waals surface area contributed by atoms with E-state index in [4.69, 9.17) is 0 Å². The Kier molecular flexibility index (Phi) is 6.12. The van der Waals surface area contributed by atoms with Gasteiger partial charge in [0.05, 0.1) is 0 Å². The first-order chi connectivity index (χ1) is 10.7. The highest BCUT2D eigenvalue weighted by Gasteiger charge is 2.15. The SMILES string of the molecule is Cl.Cn1cnnc1-c1cccc(NC(=O)CCC2CCNC2)c1. The molecule has 23 heavy (non-hydrogen) atoms. The van der Waals surface area contributed by atoms with Crippen molar-refractivity contribution in [3.05, 3.63) is 30.6 Å². The first-order valence-corrected chi connectivity index (χ1v) is 7.67. The van der Waals surface area contributed by atoms with Crippen molar-refractivity contribution in [3.63, 3.8) is 0 Å². The first kappa shape index (κ1) is 17.4. The van der Waals surface area contributed by atoms with Crippen LogP contribution in [-0.4, -0.2) is 33.8 Å². The molecule has 0 saturated carbocycles. The first-order valence-electron chi connectivity index (χ1n) is 7.67. The molecule has 1 aliphatic heterocycles. The van der Waals surface area contributed by atoms with Crippen LogP contribution in [0.3, 0.4) is 0 Å². The van der Waals surface area contributed by atoms with Crippen molar-refractivity contribution >= 4 is 24.0 Å². The van der Waals surface area contributed by atoms with Gasteiger partial charge in [-0.1, -0.05) is 12.1 Å². The summed E-state index contributed by atoms with van der Waals surface area (Å²) in [5.74, 6) is 1.49. The number of amides is 1. The number of aryl methyl sites for hydroxylation is 1. The van der Waals surface area contributed by atoms with Gasteiger partial charge in [0.15, 0.2) is 5.82 Å². The van der Waals surface area contributed by atoms with Crippen LogP contribution in [0.25, 0.3) is 11.4 Å². The number of carbonyl (C=O) groups excluding carboxylic acids is 1. The highest BCUT2D eigenvalue weighted by Crippen LogP contribution is 2.21. The second kappa shape index (κ2) is 8.08. The van der Waals surface area contributed by atoms with E-state index in [1.807, 2.05) is 35.9 Å². The van der Waals surface area contributed by atoms with Crippen molar-refractivity contribution in [1.29, 1.82) is 0 Å². The smallest absolute Gasteiger partial charge is 0.224 e. The Hall–Kier alpha value is -1.92. The van der Waals surface area contributed by atoms with Gasteiger partial charge in [-0.2, -0.15) is 0 Å². The monoisotopic (exact) mass is 335 g/mol. The molecule has 1 fully saturated rings. The van der Waals surface area contributed by atoms with Crippen molar-refractivity contribution < 1.29 is 4.79 Å². The van der Waals surface area contributed by atoms with Crippen molar-refractivity contribution in [2.24, 2.45) is 13.0 Å². The minimum absolute atomic E-state index is 0. The van der Waals surface area contributed by atoms with Gasteiger partial charge in [-0.05, 0) is 44.0 Å². The van der Waals surface area contributed by atoms with Crippen LogP contribution in [0.1, 0.15) is 19.3 Å². The standard InChI is InChI=1S/C16H21N5O.ClH/c1-21-11-18-20-16(21)13-3-2-4-14(9-13)19-15(22)6-5-12-7-8-17-10-12;/h2-4,9,11-12,17H,5-8,10H2,1H3,(H,19,22);1H. The predicted octanol–water partition coefficient (Wildman–Crippen LogP) is 2.23. The zero-order chi connectivity index (χ0) is 15.4. The summed E-state index contributed by atoms with van der Waals surface area (Å²) in [5, 5.41) is 14.3. The van der Waals surface area contributed by atoms with E-state index >= 15 is 0 Å². The van der Waals surface area contributed by atoms with Crippen molar-refractivity contribution in [3.8, 4) is 11.4 Å².